The summed E-state index contributed by atoms with van der Waals surface area (Å²) in [4.78, 5) is 4.44. The van der Waals surface area contributed by atoms with E-state index < -0.39 is 0 Å². The normalized spacial score (nSPS) is 11.3. The monoisotopic (exact) mass is 414 g/mol. The lowest BCUT2D eigenvalue weighted by atomic mass is 10.2. The van der Waals surface area contributed by atoms with Crippen molar-refractivity contribution in [2.45, 2.75) is 32.7 Å². The number of halogens is 2. The van der Waals surface area contributed by atoms with Gasteiger partial charge in [0.2, 0.25) is 0 Å². The minimum absolute atomic E-state index is 0.541. The maximum Gasteiger partial charge on any atom is 0.159 e. The highest BCUT2D eigenvalue weighted by molar-refractivity contribution is 9.11. The first-order valence-electron chi connectivity index (χ1n) is 7.18. The number of rotatable bonds is 7. The van der Waals surface area contributed by atoms with Gasteiger partial charge in [-0.25, -0.2) is 0 Å². The van der Waals surface area contributed by atoms with Crippen molar-refractivity contribution >= 4 is 42.8 Å². The Bertz CT molecular complexity index is 602. The van der Waals surface area contributed by atoms with Gasteiger partial charge < -0.3 is 10.1 Å². The van der Waals surface area contributed by atoms with Crippen LogP contribution in [0.3, 0.4) is 0 Å². The molecule has 0 aliphatic rings. The standard InChI is InChI=1S/C16H20Br2N2O/c1-11(2)19-7-3-4-9-21-16-14(18)10-13(17)12-6-5-8-20-15(12)16/h5-6,8,10-11,19H,3-4,7,9H2,1-2H3. The van der Waals surface area contributed by atoms with Gasteiger partial charge in [0.05, 0.1) is 11.1 Å². The lowest BCUT2D eigenvalue weighted by Gasteiger charge is -2.12. The number of hydrogen-bond acceptors (Lipinski definition) is 3. The SMILES string of the molecule is CC(C)NCCCCOc1c(Br)cc(Br)c2cccnc12. The van der Waals surface area contributed by atoms with E-state index in [0.29, 0.717) is 12.6 Å². The van der Waals surface area contributed by atoms with Crippen LogP contribution in [0.5, 0.6) is 5.75 Å². The summed E-state index contributed by atoms with van der Waals surface area (Å²) in [5, 5.41) is 4.48. The van der Waals surface area contributed by atoms with Crippen molar-refractivity contribution in [2.24, 2.45) is 0 Å². The molecular formula is C16H20Br2N2O. The molecule has 21 heavy (non-hydrogen) atoms. The van der Waals surface area contributed by atoms with E-state index in [1.54, 1.807) is 6.20 Å². The number of nitrogens with one attached hydrogen (secondary N) is 1. The third kappa shape index (κ3) is 4.66. The molecule has 1 aromatic carbocycles. The van der Waals surface area contributed by atoms with Crippen LogP contribution in [0.4, 0.5) is 0 Å². The zero-order valence-electron chi connectivity index (χ0n) is 12.3. The molecule has 0 aliphatic heterocycles. The smallest absolute Gasteiger partial charge is 0.159 e. The molecule has 114 valence electrons. The van der Waals surface area contributed by atoms with Crippen molar-refractivity contribution in [1.82, 2.24) is 10.3 Å². The van der Waals surface area contributed by atoms with Gasteiger partial charge in [0, 0.05) is 22.1 Å². The Kier molecular flexibility index (Phi) is 6.45. The fourth-order valence-electron chi connectivity index (χ4n) is 2.08. The summed E-state index contributed by atoms with van der Waals surface area (Å²) in [5.41, 5.74) is 0.888. The second-order valence-electron chi connectivity index (χ2n) is 5.23. The maximum atomic E-state index is 5.95. The number of ether oxygens (including phenoxy) is 1. The van der Waals surface area contributed by atoms with Crippen molar-refractivity contribution in [3.8, 4) is 5.75 Å². The van der Waals surface area contributed by atoms with Crippen LogP contribution in [-0.2, 0) is 0 Å². The molecule has 0 amide bonds. The zero-order chi connectivity index (χ0) is 15.2. The molecule has 1 heterocycles. The number of nitrogens with zero attached hydrogens (tertiary/aromatic N) is 1. The van der Waals surface area contributed by atoms with Gasteiger partial charge in [-0.1, -0.05) is 35.8 Å². The molecule has 3 nitrogen and oxygen atoms in total. The first kappa shape index (κ1) is 16.7. The predicted molar refractivity (Wildman–Crippen MR) is 95.0 cm³/mol. The maximum absolute atomic E-state index is 5.95. The highest BCUT2D eigenvalue weighted by Gasteiger charge is 2.11. The van der Waals surface area contributed by atoms with E-state index in [-0.39, 0.29) is 0 Å². The van der Waals surface area contributed by atoms with Crippen LogP contribution in [0.15, 0.2) is 33.3 Å². The second-order valence-corrected chi connectivity index (χ2v) is 6.94. The molecule has 5 heteroatoms. The highest BCUT2D eigenvalue weighted by atomic mass is 79.9. The van der Waals surface area contributed by atoms with Crippen molar-refractivity contribution in [3.05, 3.63) is 33.3 Å². The minimum atomic E-state index is 0.541. The molecule has 1 aromatic heterocycles. The van der Waals surface area contributed by atoms with E-state index in [9.17, 15) is 0 Å². The van der Waals surface area contributed by atoms with Gasteiger partial charge in [-0.05, 0) is 47.4 Å². The average molecular weight is 416 g/mol. The largest absolute Gasteiger partial charge is 0.490 e. The Labute approximate surface area is 142 Å². The quantitative estimate of drug-likeness (QED) is 0.651. The summed E-state index contributed by atoms with van der Waals surface area (Å²) in [5.74, 6) is 0.825. The van der Waals surface area contributed by atoms with Crippen LogP contribution in [0.2, 0.25) is 0 Å². The van der Waals surface area contributed by atoms with Crippen molar-refractivity contribution in [3.63, 3.8) is 0 Å². The highest BCUT2D eigenvalue weighted by Crippen LogP contribution is 2.37. The van der Waals surface area contributed by atoms with E-state index in [2.05, 4.69) is 56.0 Å². The summed E-state index contributed by atoms with van der Waals surface area (Å²) in [6.45, 7) is 6.05. The number of pyridine rings is 1. The topological polar surface area (TPSA) is 34.1 Å². The van der Waals surface area contributed by atoms with Crippen LogP contribution < -0.4 is 10.1 Å². The Morgan fingerprint density at radius 3 is 2.81 bits per heavy atom. The lowest BCUT2D eigenvalue weighted by molar-refractivity contribution is 0.306. The molecule has 0 saturated carbocycles. The molecule has 0 radical (unpaired) electrons. The average Bonchev–Trinajstić information content (AvgIpc) is 2.45. The fraction of sp³-hybridized carbons (Fsp3) is 0.438. The number of hydrogen-bond donors (Lipinski definition) is 1. The first-order valence-corrected chi connectivity index (χ1v) is 8.77. The second kappa shape index (κ2) is 8.11. The minimum Gasteiger partial charge on any atom is -0.490 e. The van der Waals surface area contributed by atoms with Crippen LogP contribution in [0.25, 0.3) is 10.9 Å². The summed E-state index contributed by atoms with van der Waals surface area (Å²) in [6.07, 6.45) is 3.93. The number of aromatic nitrogens is 1. The first-order chi connectivity index (χ1) is 10.1. The number of unbranched alkanes of at least 4 members (excludes halogenated alkanes) is 1. The molecule has 0 fully saturated rings. The Morgan fingerprint density at radius 1 is 1.24 bits per heavy atom. The van der Waals surface area contributed by atoms with E-state index in [1.165, 1.54) is 0 Å². The number of fused-ring (bicyclic) bond motifs is 1. The zero-order valence-corrected chi connectivity index (χ0v) is 15.5. The van der Waals surface area contributed by atoms with Crippen LogP contribution in [0.1, 0.15) is 26.7 Å². The van der Waals surface area contributed by atoms with Gasteiger partial charge >= 0.3 is 0 Å². The number of benzene rings is 1. The van der Waals surface area contributed by atoms with Gasteiger partial charge in [-0.2, -0.15) is 0 Å². The third-order valence-corrected chi connectivity index (χ3v) is 4.37. The van der Waals surface area contributed by atoms with Crippen LogP contribution >= 0.6 is 31.9 Å². The van der Waals surface area contributed by atoms with Gasteiger partial charge in [0.25, 0.3) is 0 Å². The van der Waals surface area contributed by atoms with Crippen LogP contribution in [0, 0.1) is 0 Å². The molecule has 1 N–H and O–H groups in total. The van der Waals surface area contributed by atoms with Crippen molar-refractivity contribution < 1.29 is 4.74 Å². The molecule has 0 atom stereocenters. The van der Waals surface area contributed by atoms with Gasteiger partial charge in [0.15, 0.2) is 5.75 Å². The van der Waals surface area contributed by atoms with Crippen molar-refractivity contribution in [1.29, 1.82) is 0 Å². The molecule has 0 bridgehead atoms. The molecule has 0 unspecified atom stereocenters. The predicted octanol–water partition coefficient (Wildman–Crippen LogP) is 4.92. The fourth-order valence-corrected chi connectivity index (χ4v) is 3.46. The molecule has 0 aliphatic carbocycles. The molecule has 2 aromatic rings. The molecule has 0 spiro atoms. The van der Waals surface area contributed by atoms with Crippen LogP contribution in [-0.4, -0.2) is 24.2 Å². The third-order valence-electron chi connectivity index (χ3n) is 3.12. The van der Waals surface area contributed by atoms with E-state index >= 15 is 0 Å². The summed E-state index contributed by atoms with van der Waals surface area (Å²) < 4.78 is 7.90. The molecule has 0 saturated heterocycles. The summed E-state index contributed by atoms with van der Waals surface area (Å²) in [7, 11) is 0. The summed E-state index contributed by atoms with van der Waals surface area (Å²) in [6, 6.07) is 6.53. The Morgan fingerprint density at radius 2 is 2.05 bits per heavy atom. The Hall–Kier alpha value is -0.650. The Balaban J connectivity index is 1.99. The van der Waals surface area contributed by atoms with Gasteiger partial charge in [-0.15, -0.1) is 0 Å². The van der Waals surface area contributed by atoms with Gasteiger partial charge in [0.1, 0.15) is 5.52 Å². The van der Waals surface area contributed by atoms with E-state index in [4.69, 9.17) is 4.74 Å². The molecular weight excluding hydrogens is 396 g/mol. The van der Waals surface area contributed by atoms with Crippen molar-refractivity contribution in [2.75, 3.05) is 13.2 Å². The lowest BCUT2D eigenvalue weighted by Crippen LogP contribution is -2.23. The molecule has 2 rings (SSSR count). The van der Waals surface area contributed by atoms with E-state index in [0.717, 1.165) is 45.0 Å². The van der Waals surface area contributed by atoms with E-state index in [1.807, 2.05) is 18.2 Å². The van der Waals surface area contributed by atoms with Gasteiger partial charge in [-0.3, -0.25) is 4.98 Å². The summed E-state index contributed by atoms with van der Waals surface area (Å²) >= 11 is 7.13.